The Bertz CT molecular complexity index is 2910. The first-order valence-corrected chi connectivity index (χ1v) is 21.6. The van der Waals surface area contributed by atoms with Crippen LogP contribution in [0.4, 0.5) is 0 Å². The quantitative estimate of drug-likeness (QED) is 0.154. The second-order valence-corrected chi connectivity index (χ2v) is 19.5. The van der Waals surface area contributed by atoms with Crippen LogP contribution in [0, 0.1) is 19.9 Å². The van der Waals surface area contributed by atoms with E-state index in [1.165, 1.54) is 16.7 Å². The molecule has 2 heterocycles. The minimum absolute atomic E-state index is 0. The molecule has 0 saturated heterocycles. The first-order valence-electron chi connectivity index (χ1n) is 21.6. The molecule has 0 spiro atoms. The first kappa shape index (κ1) is 44.5. The minimum Gasteiger partial charge on any atom is -0.507 e. The van der Waals surface area contributed by atoms with Crippen molar-refractivity contribution in [3.8, 4) is 67.5 Å². The van der Waals surface area contributed by atoms with Crippen LogP contribution in [0.5, 0.6) is 5.75 Å². The third kappa shape index (κ3) is 8.60. The van der Waals surface area contributed by atoms with Crippen molar-refractivity contribution in [1.82, 2.24) is 14.5 Å². The molecule has 8 rings (SSSR count). The molecule has 0 atom stereocenters. The monoisotopic (exact) mass is 995 g/mol. The Morgan fingerprint density at radius 1 is 0.597 bits per heavy atom. The standard InChI is InChI=1S/C57H58N3O.Pt/c1-12-57(10,11)43-25-26-50(47(34-43)39-17-14-13-15-18-39)60-51-20-16-19-46(52(51)59-54(60)48-35-44(55(4,5)6)29-37(3)53(48)61)41-30-42(32-45(31-41)56(7,8)9)49-33-40(27-28-58-49)38-23-21-36(2)22-24-38;/h13-29,31-35,61H,12H2,1-11H3;/q-1;. The molecule has 0 unspecified atom stereocenters. The second kappa shape index (κ2) is 16.9. The Morgan fingerprint density at radius 3 is 1.94 bits per heavy atom. The molecule has 0 saturated carbocycles. The summed E-state index contributed by atoms with van der Waals surface area (Å²) in [4.78, 5) is 10.5. The number of hydrogen-bond donors (Lipinski definition) is 1. The zero-order chi connectivity index (χ0) is 43.4. The van der Waals surface area contributed by atoms with Gasteiger partial charge in [0.15, 0.2) is 0 Å². The molecule has 5 heteroatoms. The number of para-hydroxylation sites is 1. The number of rotatable bonds is 8. The van der Waals surface area contributed by atoms with E-state index in [-0.39, 0.29) is 43.1 Å². The van der Waals surface area contributed by atoms with E-state index in [2.05, 4.69) is 207 Å². The van der Waals surface area contributed by atoms with Crippen LogP contribution in [0.3, 0.4) is 0 Å². The molecule has 318 valence electrons. The minimum atomic E-state index is -0.152. The van der Waals surface area contributed by atoms with E-state index in [4.69, 9.17) is 9.97 Å². The van der Waals surface area contributed by atoms with Crippen LogP contribution in [0.25, 0.3) is 72.7 Å². The maximum atomic E-state index is 12.0. The SMILES string of the molecule is CCC(C)(C)c1ccc(-n2c(-c3cc(C(C)(C)C)cc(C)c3O)nc3c(-c4[c-]c(-c5cc(-c6ccc(C)cc6)ccn5)cc(C(C)(C)C)c4)cccc32)c(-c2ccccc2)c1.[Pt]. The number of imidazole rings is 1. The first-order chi connectivity index (χ1) is 28.9. The number of aryl methyl sites for hydroxylation is 2. The zero-order valence-electron chi connectivity index (χ0n) is 38.0. The van der Waals surface area contributed by atoms with E-state index < -0.39 is 0 Å². The van der Waals surface area contributed by atoms with Gasteiger partial charge in [-0.05, 0) is 100 Å². The third-order valence-electron chi connectivity index (χ3n) is 12.5. The Labute approximate surface area is 383 Å². The normalized spacial score (nSPS) is 12.1. The molecular formula is C57H58N3OPt-. The van der Waals surface area contributed by atoms with Crippen LogP contribution in [-0.4, -0.2) is 19.6 Å². The summed E-state index contributed by atoms with van der Waals surface area (Å²) in [6, 6.07) is 49.4. The topological polar surface area (TPSA) is 50.9 Å². The van der Waals surface area contributed by atoms with Gasteiger partial charge in [-0.2, -0.15) is 0 Å². The Balaban J connectivity index is 0.00000578. The summed E-state index contributed by atoms with van der Waals surface area (Å²) >= 11 is 0. The van der Waals surface area contributed by atoms with Gasteiger partial charge < -0.3 is 5.11 Å². The molecule has 4 nitrogen and oxygen atoms in total. The van der Waals surface area contributed by atoms with Crippen molar-refractivity contribution < 1.29 is 26.2 Å². The number of phenolic OH excluding ortho intramolecular Hbond substituents is 1. The van der Waals surface area contributed by atoms with Crippen LogP contribution in [0.1, 0.15) is 96.6 Å². The van der Waals surface area contributed by atoms with Gasteiger partial charge in [-0.1, -0.05) is 164 Å². The van der Waals surface area contributed by atoms with Crippen LogP contribution >= 0.6 is 0 Å². The smallest absolute Gasteiger partial charge is 0.148 e. The van der Waals surface area contributed by atoms with Gasteiger partial charge in [0.05, 0.1) is 22.3 Å². The average molecular weight is 996 g/mol. The van der Waals surface area contributed by atoms with E-state index in [0.29, 0.717) is 11.4 Å². The molecule has 62 heavy (non-hydrogen) atoms. The summed E-state index contributed by atoms with van der Waals surface area (Å²) in [5, 5.41) is 12.0. The number of benzene rings is 6. The van der Waals surface area contributed by atoms with Gasteiger partial charge in [-0.15, -0.1) is 29.3 Å². The van der Waals surface area contributed by atoms with Crippen LogP contribution < -0.4 is 0 Å². The number of nitrogens with zero attached hydrogens (tertiary/aromatic N) is 3. The van der Waals surface area contributed by atoms with Crippen molar-refractivity contribution in [3.63, 3.8) is 0 Å². The molecular weight excluding hydrogens is 938 g/mol. The summed E-state index contributed by atoms with van der Waals surface area (Å²) < 4.78 is 2.27. The Hall–Kier alpha value is -5.57. The van der Waals surface area contributed by atoms with Crippen molar-refractivity contribution in [3.05, 3.63) is 167 Å². The molecule has 0 aliphatic heterocycles. The molecule has 0 fully saturated rings. The van der Waals surface area contributed by atoms with E-state index in [0.717, 1.165) is 78.9 Å². The molecule has 2 aromatic heterocycles. The summed E-state index contributed by atoms with van der Waals surface area (Å²) in [6.07, 6.45) is 2.90. The molecule has 1 N–H and O–H groups in total. The number of fused-ring (bicyclic) bond motifs is 1. The van der Waals surface area contributed by atoms with Crippen LogP contribution in [-0.2, 0) is 37.3 Å². The molecule has 0 amide bonds. The summed E-state index contributed by atoms with van der Waals surface area (Å²) in [5.41, 5.74) is 17.0. The van der Waals surface area contributed by atoms with Gasteiger partial charge in [0.1, 0.15) is 11.6 Å². The van der Waals surface area contributed by atoms with Gasteiger partial charge in [-0.25, -0.2) is 4.98 Å². The molecule has 8 aromatic rings. The van der Waals surface area contributed by atoms with Crippen molar-refractivity contribution in [1.29, 1.82) is 0 Å². The summed E-state index contributed by atoms with van der Waals surface area (Å²) in [5.74, 6) is 0.924. The third-order valence-corrected chi connectivity index (χ3v) is 12.5. The van der Waals surface area contributed by atoms with Gasteiger partial charge >= 0.3 is 0 Å². The number of hydrogen-bond acceptors (Lipinski definition) is 3. The largest absolute Gasteiger partial charge is 0.507 e. The van der Waals surface area contributed by atoms with E-state index in [9.17, 15) is 5.11 Å². The van der Waals surface area contributed by atoms with Crippen LogP contribution in [0.15, 0.2) is 134 Å². The van der Waals surface area contributed by atoms with Gasteiger partial charge in [0.25, 0.3) is 0 Å². The van der Waals surface area contributed by atoms with Gasteiger partial charge in [0.2, 0.25) is 0 Å². The van der Waals surface area contributed by atoms with Crippen LogP contribution in [0.2, 0.25) is 0 Å². The molecule has 0 bridgehead atoms. The van der Waals surface area contributed by atoms with Crippen molar-refractivity contribution in [2.24, 2.45) is 0 Å². The fourth-order valence-corrected chi connectivity index (χ4v) is 8.12. The van der Waals surface area contributed by atoms with E-state index in [1.54, 1.807) is 0 Å². The van der Waals surface area contributed by atoms with Crippen molar-refractivity contribution in [2.45, 2.75) is 98.8 Å². The Morgan fingerprint density at radius 2 is 1.26 bits per heavy atom. The van der Waals surface area contributed by atoms with E-state index >= 15 is 0 Å². The predicted molar refractivity (Wildman–Crippen MR) is 257 cm³/mol. The maximum absolute atomic E-state index is 12.0. The van der Waals surface area contributed by atoms with Crippen molar-refractivity contribution in [2.75, 3.05) is 0 Å². The Kier molecular flexibility index (Phi) is 12.2. The summed E-state index contributed by atoms with van der Waals surface area (Å²) in [6.45, 7) is 24.4. The average Bonchev–Trinajstić information content (AvgIpc) is 3.63. The summed E-state index contributed by atoms with van der Waals surface area (Å²) in [7, 11) is 0. The second-order valence-electron chi connectivity index (χ2n) is 19.5. The molecule has 6 aromatic carbocycles. The number of pyridine rings is 1. The zero-order valence-corrected chi connectivity index (χ0v) is 40.3. The fourth-order valence-electron chi connectivity index (χ4n) is 8.12. The molecule has 0 radical (unpaired) electrons. The van der Waals surface area contributed by atoms with Gasteiger partial charge in [-0.3, -0.25) is 9.55 Å². The fraction of sp³-hybridized carbons (Fsp3) is 0.263. The van der Waals surface area contributed by atoms with E-state index in [1.807, 2.05) is 13.1 Å². The number of aromatic hydroxyl groups is 1. The number of aromatic nitrogens is 3. The predicted octanol–water partition coefficient (Wildman–Crippen LogP) is 15.2. The van der Waals surface area contributed by atoms with Crippen molar-refractivity contribution >= 4 is 11.0 Å². The molecule has 0 aliphatic carbocycles. The maximum Gasteiger partial charge on any atom is 0.148 e. The molecule has 0 aliphatic rings. The number of phenols is 1. The van der Waals surface area contributed by atoms with Gasteiger partial charge in [0, 0.05) is 38.5 Å².